The zero-order valence-electron chi connectivity index (χ0n) is 7.79. The van der Waals surface area contributed by atoms with E-state index in [-0.39, 0.29) is 0 Å². The molecule has 0 spiro atoms. The van der Waals surface area contributed by atoms with Crippen molar-refractivity contribution in [2.45, 2.75) is 13.8 Å². The van der Waals surface area contributed by atoms with E-state index in [1.165, 1.54) is 0 Å². The van der Waals surface area contributed by atoms with Crippen molar-refractivity contribution in [3.63, 3.8) is 0 Å². The molecule has 1 aromatic carbocycles. The van der Waals surface area contributed by atoms with E-state index in [9.17, 15) is 0 Å². The molecule has 0 aliphatic rings. The van der Waals surface area contributed by atoms with Gasteiger partial charge in [0.15, 0.2) is 0 Å². The van der Waals surface area contributed by atoms with Gasteiger partial charge in [-0.1, -0.05) is 24.3 Å². The molecule has 0 N–H and O–H groups in total. The summed E-state index contributed by atoms with van der Waals surface area (Å²) >= 11 is 0. The van der Waals surface area contributed by atoms with E-state index in [0.29, 0.717) is 0 Å². The van der Waals surface area contributed by atoms with Crippen molar-refractivity contribution in [3.05, 3.63) is 43.0 Å². The Balaban J connectivity index is 0.000000354. The molecule has 0 unspecified atom stereocenters. The molecule has 0 atom stereocenters. The van der Waals surface area contributed by atoms with Gasteiger partial charge in [-0.3, -0.25) is 0 Å². The van der Waals surface area contributed by atoms with Crippen LogP contribution in [-0.4, -0.2) is 6.61 Å². The molecule has 0 amide bonds. The van der Waals surface area contributed by atoms with Gasteiger partial charge in [-0.05, 0) is 26.0 Å². The fraction of sp³-hybridized carbons (Fsp3) is 0.273. The van der Waals surface area contributed by atoms with Gasteiger partial charge in [0.25, 0.3) is 0 Å². The molecule has 12 heavy (non-hydrogen) atoms. The molecular weight excluding hydrogens is 148 g/mol. The minimum Gasteiger partial charge on any atom is -0.494 e. The van der Waals surface area contributed by atoms with E-state index in [4.69, 9.17) is 4.74 Å². The van der Waals surface area contributed by atoms with Crippen molar-refractivity contribution in [1.82, 2.24) is 0 Å². The highest BCUT2D eigenvalue weighted by Gasteiger charge is 1.83. The van der Waals surface area contributed by atoms with Gasteiger partial charge >= 0.3 is 0 Å². The van der Waals surface area contributed by atoms with Crippen molar-refractivity contribution in [2.24, 2.45) is 0 Å². The average Bonchev–Trinajstić information content (AvgIpc) is 2.08. The Kier molecular flexibility index (Phi) is 7.05. The Hall–Kier alpha value is -1.24. The first-order chi connectivity index (χ1) is 5.85. The van der Waals surface area contributed by atoms with Gasteiger partial charge in [0.05, 0.1) is 6.61 Å². The lowest BCUT2D eigenvalue weighted by Crippen LogP contribution is -1.89. The molecule has 1 nitrogen and oxygen atoms in total. The van der Waals surface area contributed by atoms with Crippen LogP contribution in [0.3, 0.4) is 0 Å². The molecule has 1 aromatic rings. The molecule has 0 saturated heterocycles. The van der Waals surface area contributed by atoms with Crippen LogP contribution in [0.1, 0.15) is 13.8 Å². The number of benzene rings is 1. The molecule has 0 aromatic heterocycles. The molecule has 0 aliphatic heterocycles. The minimum absolute atomic E-state index is 0.740. The van der Waals surface area contributed by atoms with E-state index >= 15 is 0 Å². The monoisotopic (exact) mass is 164 g/mol. The maximum absolute atomic E-state index is 5.21. The highest BCUT2D eigenvalue weighted by atomic mass is 16.5. The highest BCUT2D eigenvalue weighted by Crippen LogP contribution is 2.06. The number of para-hydroxylation sites is 1. The zero-order chi connectivity index (χ0) is 9.23. The number of rotatable bonds is 2. The molecule has 1 rings (SSSR count). The average molecular weight is 164 g/mol. The van der Waals surface area contributed by atoms with Crippen molar-refractivity contribution >= 4 is 0 Å². The number of hydrogen-bond acceptors (Lipinski definition) is 1. The third kappa shape index (κ3) is 5.54. The molecular formula is C11H16O. The predicted octanol–water partition coefficient (Wildman–Crippen LogP) is 3.28. The van der Waals surface area contributed by atoms with Crippen LogP contribution in [0.5, 0.6) is 5.75 Å². The van der Waals surface area contributed by atoms with Gasteiger partial charge in [0.1, 0.15) is 5.75 Å². The number of allylic oxidation sites excluding steroid dienone is 1. The summed E-state index contributed by atoms with van der Waals surface area (Å²) in [5, 5.41) is 0. The van der Waals surface area contributed by atoms with E-state index < -0.39 is 0 Å². The smallest absolute Gasteiger partial charge is 0.119 e. The second-order valence-electron chi connectivity index (χ2n) is 2.15. The summed E-state index contributed by atoms with van der Waals surface area (Å²) in [4.78, 5) is 0. The second kappa shape index (κ2) is 7.86. The topological polar surface area (TPSA) is 9.23 Å². The highest BCUT2D eigenvalue weighted by molar-refractivity contribution is 5.20. The van der Waals surface area contributed by atoms with Gasteiger partial charge in [-0.25, -0.2) is 0 Å². The van der Waals surface area contributed by atoms with E-state index in [1.54, 1.807) is 6.08 Å². The van der Waals surface area contributed by atoms with Crippen molar-refractivity contribution in [2.75, 3.05) is 6.61 Å². The molecule has 0 aliphatic carbocycles. The van der Waals surface area contributed by atoms with Gasteiger partial charge in [0.2, 0.25) is 0 Å². The Morgan fingerprint density at radius 3 is 2.25 bits per heavy atom. The summed E-state index contributed by atoms with van der Waals surface area (Å²) in [6.45, 7) is 7.97. The predicted molar refractivity (Wildman–Crippen MR) is 53.5 cm³/mol. The van der Waals surface area contributed by atoms with E-state index in [1.807, 2.05) is 44.2 Å². The fourth-order valence-electron chi connectivity index (χ4n) is 0.683. The summed E-state index contributed by atoms with van der Waals surface area (Å²) in [7, 11) is 0. The van der Waals surface area contributed by atoms with Gasteiger partial charge in [-0.2, -0.15) is 0 Å². The van der Waals surface area contributed by atoms with Gasteiger partial charge in [-0.15, -0.1) is 6.58 Å². The first kappa shape index (κ1) is 10.8. The van der Waals surface area contributed by atoms with E-state index in [2.05, 4.69) is 6.58 Å². The van der Waals surface area contributed by atoms with Crippen molar-refractivity contribution < 1.29 is 4.74 Å². The Bertz CT molecular complexity index is 191. The number of hydrogen-bond donors (Lipinski definition) is 0. The largest absolute Gasteiger partial charge is 0.494 e. The Labute approximate surface area is 74.7 Å². The summed E-state index contributed by atoms with van der Waals surface area (Å²) < 4.78 is 5.21. The normalized spacial score (nSPS) is 7.83. The standard InChI is InChI=1S/C8H10O.C3H6/c1-2-9-8-6-4-3-5-7-8;1-3-2/h3-7H,2H2,1H3;3H,1H2,2H3. The second-order valence-corrected chi connectivity index (χ2v) is 2.15. The zero-order valence-corrected chi connectivity index (χ0v) is 7.79. The lowest BCUT2D eigenvalue weighted by Gasteiger charge is -1.99. The summed E-state index contributed by atoms with van der Waals surface area (Å²) in [6, 6.07) is 9.80. The van der Waals surface area contributed by atoms with Crippen molar-refractivity contribution in [3.8, 4) is 5.75 Å². The van der Waals surface area contributed by atoms with Crippen LogP contribution in [-0.2, 0) is 0 Å². The van der Waals surface area contributed by atoms with E-state index in [0.717, 1.165) is 12.4 Å². The number of ether oxygens (including phenoxy) is 1. The van der Waals surface area contributed by atoms with Crippen LogP contribution in [0.4, 0.5) is 0 Å². The Morgan fingerprint density at radius 2 is 1.83 bits per heavy atom. The molecule has 66 valence electrons. The summed E-state index contributed by atoms with van der Waals surface area (Å²) in [5.74, 6) is 0.944. The van der Waals surface area contributed by atoms with Crippen molar-refractivity contribution in [1.29, 1.82) is 0 Å². The maximum Gasteiger partial charge on any atom is 0.119 e. The third-order valence-electron chi connectivity index (χ3n) is 1.05. The first-order valence-corrected chi connectivity index (χ1v) is 4.10. The van der Waals surface area contributed by atoms with Crippen LogP contribution in [0.2, 0.25) is 0 Å². The lowest BCUT2D eigenvalue weighted by molar-refractivity contribution is 0.340. The van der Waals surface area contributed by atoms with Gasteiger partial charge in [0, 0.05) is 0 Å². The maximum atomic E-state index is 5.21. The molecule has 0 heterocycles. The molecule has 1 heteroatoms. The lowest BCUT2D eigenvalue weighted by atomic mass is 10.3. The van der Waals surface area contributed by atoms with Crippen LogP contribution >= 0.6 is 0 Å². The van der Waals surface area contributed by atoms with Crippen LogP contribution < -0.4 is 4.74 Å². The minimum atomic E-state index is 0.740. The first-order valence-electron chi connectivity index (χ1n) is 4.10. The fourth-order valence-corrected chi connectivity index (χ4v) is 0.683. The Morgan fingerprint density at radius 1 is 1.33 bits per heavy atom. The van der Waals surface area contributed by atoms with Gasteiger partial charge < -0.3 is 4.74 Å². The third-order valence-corrected chi connectivity index (χ3v) is 1.05. The van der Waals surface area contributed by atoms with Crippen LogP contribution in [0, 0.1) is 0 Å². The SMILES string of the molecule is C=CC.CCOc1ccccc1. The van der Waals surface area contributed by atoms with Crippen LogP contribution in [0.15, 0.2) is 43.0 Å². The van der Waals surface area contributed by atoms with Crippen LogP contribution in [0.25, 0.3) is 0 Å². The summed E-state index contributed by atoms with van der Waals surface area (Å²) in [6.07, 6.45) is 1.75. The molecule has 0 fully saturated rings. The quantitative estimate of drug-likeness (QED) is 0.609. The molecule has 0 bridgehead atoms. The summed E-state index contributed by atoms with van der Waals surface area (Å²) in [5.41, 5.74) is 0. The molecule has 0 radical (unpaired) electrons. The molecule has 0 saturated carbocycles.